The van der Waals surface area contributed by atoms with Gasteiger partial charge in [0.05, 0.1) is 12.1 Å². The standard InChI is InChI=1S/C28H28Cl2N4O3/c1-17-3-12-23(18(2)15-17)27(36)32-25(19-4-8-21(29)9-5-19)26(20-6-10-22(30)11-7-20)33-28(37)34-14-13-31-24(35)16-34/h3-12,15,25-26H,13-14,16H2,1-2H3,(H,31,35)(H,32,36)(H,33,37)/t25-,26+/m0/s1. The van der Waals surface area contributed by atoms with Gasteiger partial charge < -0.3 is 20.9 Å². The van der Waals surface area contributed by atoms with E-state index in [0.29, 0.717) is 28.7 Å². The summed E-state index contributed by atoms with van der Waals surface area (Å²) in [6.45, 7) is 4.57. The molecule has 3 N–H and O–H groups in total. The Bertz CT molecular complexity index is 1300. The van der Waals surface area contributed by atoms with E-state index in [1.165, 1.54) is 4.90 Å². The van der Waals surface area contributed by atoms with Crippen LogP contribution in [0.15, 0.2) is 66.7 Å². The Morgan fingerprint density at radius 1 is 0.865 bits per heavy atom. The number of piperazine rings is 1. The van der Waals surface area contributed by atoms with Crippen LogP contribution in [0.2, 0.25) is 10.0 Å². The Kier molecular flexibility index (Phi) is 8.36. The molecule has 1 aliphatic heterocycles. The molecule has 37 heavy (non-hydrogen) atoms. The number of nitrogens with zero attached hydrogens (tertiary/aromatic N) is 1. The summed E-state index contributed by atoms with van der Waals surface area (Å²) in [6, 6.07) is 18.1. The number of carbonyl (C=O) groups excluding carboxylic acids is 3. The van der Waals surface area contributed by atoms with E-state index in [1.54, 1.807) is 30.3 Å². The molecule has 1 aliphatic rings. The molecule has 2 atom stereocenters. The summed E-state index contributed by atoms with van der Waals surface area (Å²) < 4.78 is 0. The van der Waals surface area contributed by atoms with Crippen molar-refractivity contribution in [3.8, 4) is 0 Å². The molecule has 0 bridgehead atoms. The lowest BCUT2D eigenvalue weighted by atomic mass is 9.92. The average molecular weight is 539 g/mol. The van der Waals surface area contributed by atoms with Gasteiger partial charge >= 0.3 is 6.03 Å². The molecule has 0 spiro atoms. The summed E-state index contributed by atoms with van der Waals surface area (Å²) in [5, 5.41) is 10.0. The van der Waals surface area contributed by atoms with Crippen LogP contribution < -0.4 is 16.0 Å². The topological polar surface area (TPSA) is 90.5 Å². The molecule has 4 rings (SSSR count). The first-order valence-electron chi connectivity index (χ1n) is 11.9. The minimum atomic E-state index is -0.675. The van der Waals surface area contributed by atoms with E-state index in [4.69, 9.17) is 23.2 Å². The van der Waals surface area contributed by atoms with Gasteiger partial charge in [0.25, 0.3) is 5.91 Å². The molecule has 4 amide bonds. The van der Waals surface area contributed by atoms with Crippen molar-refractivity contribution in [2.75, 3.05) is 19.6 Å². The molecule has 1 heterocycles. The van der Waals surface area contributed by atoms with Crippen molar-refractivity contribution in [1.82, 2.24) is 20.9 Å². The first kappa shape index (κ1) is 26.5. The van der Waals surface area contributed by atoms with Crippen LogP contribution in [0.1, 0.15) is 44.7 Å². The van der Waals surface area contributed by atoms with Crippen LogP contribution in [0, 0.1) is 13.8 Å². The zero-order chi connectivity index (χ0) is 26.5. The van der Waals surface area contributed by atoms with E-state index < -0.39 is 18.1 Å². The number of benzene rings is 3. The van der Waals surface area contributed by atoms with Gasteiger partial charge in [0.2, 0.25) is 5.91 Å². The predicted octanol–water partition coefficient (Wildman–Crippen LogP) is 4.96. The molecule has 3 aromatic rings. The van der Waals surface area contributed by atoms with E-state index in [2.05, 4.69) is 16.0 Å². The third kappa shape index (κ3) is 6.61. The maximum Gasteiger partial charge on any atom is 0.318 e. The van der Waals surface area contributed by atoms with Crippen LogP contribution in [0.3, 0.4) is 0 Å². The van der Waals surface area contributed by atoms with E-state index in [9.17, 15) is 14.4 Å². The molecular formula is C28H28Cl2N4O3. The van der Waals surface area contributed by atoms with Crippen LogP contribution in [0.25, 0.3) is 0 Å². The molecule has 192 valence electrons. The van der Waals surface area contributed by atoms with Crippen LogP contribution in [-0.4, -0.2) is 42.4 Å². The van der Waals surface area contributed by atoms with Gasteiger partial charge in [0, 0.05) is 28.7 Å². The van der Waals surface area contributed by atoms with E-state index in [0.717, 1.165) is 22.3 Å². The highest BCUT2D eigenvalue weighted by Crippen LogP contribution is 2.31. The molecule has 3 aromatic carbocycles. The Labute approximate surface area is 226 Å². The number of aryl methyl sites for hydroxylation is 2. The van der Waals surface area contributed by atoms with Crippen molar-refractivity contribution < 1.29 is 14.4 Å². The Balaban J connectivity index is 1.73. The van der Waals surface area contributed by atoms with Crippen molar-refractivity contribution in [2.24, 2.45) is 0 Å². The second-order valence-electron chi connectivity index (χ2n) is 9.07. The normalized spacial score (nSPS) is 14.9. The Hall–Kier alpha value is -3.55. The fourth-order valence-electron chi connectivity index (χ4n) is 4.38. The van der Waals surface area contributed by atoms with Crippen molar-refractivity contribution in [3.05, 3.63) is 105 Å². The van der Waals surface area contributed by atoms with Gasteiger partial charge in [-0.1, -0.05) is 65.2 Å². The number of nitrogens with one attached hydrogen (secondary N) is 3. The first-order chi connectivity index (χ1) is 17.7. The van der Waals surface area contributed by atoms with Gasteiger partial charge in [-0.3, -0.25) is 9.59 Å². The highest BCUT2D eigenvalue weighted by atomic mass is 35.5. The third-order valence-corrected chi connectivity index (χ3v) is 6.81. The van der Waals surface area contributed by atoms with Crippen LogP contribution in [0.4, 0.5) is 4.79 Å². The first-order valence-corrected chi connectivity index (χ1v) is 12.7. The zero-order valence-electron chi connectivity index (χ0n) is 20.6. The molecular weight excluding hydrogens is 511 g/mol. The lowest BCUT2D eigenvalue weighted by molar-refractivity contribution is -0.123. The predicted molar refractivity (Wildman–Crippen MR) is 145 cm³/mol. The van der Waals surface area contributed by atoms with Crippen molar-refractivity contribution in [2.45, 2.75) is 25.9 Å². The zero-order valence-corrected chi connectivity index (χ0v) is 22.1. The molecule has 0 saturated carbocycles. The third-order valence-electron chi connectivity index (χ3n) is 6.31. The number of amides is 4. The van der Waals surface area contributed by atoms with E-state index in [1.807, 2.05) is 50.2 Å². The number of carbonyl (C=O) groups is 3. The van der Waals surface area contributed by atoms with Gasteiger partial charge in [-0.15, -0.1) is 0 Å². The van der Waals surface area contributed by atoms with E-state index in [-0.39, 0.29) is 18.4 Å². The fraction of sp³-hybridized carbons (Fsp3) is 0.250. The maximum absolute atomic E-state index is 13.5. The van der Waals surface area contributed by atoms with Crippen LogP contribution >= 0.6 is 23.2 Å². The summed E-state index contributed by atoms with van der Waals surface area (Å²) in [4.78, 5) is 40.2. The van der Waals surface area contributed by atoms with Crippen molar-refractivity contribution in [1.29, 1.82) is 0 Å². The van der Waals surface area contributed by atoms with E-state index >= 15 is 0 Å². The van der Waals surface area contributed by atoms with Crippen molar-refractivity contribution in [3.63, 3.8) is 0 Å². The van der Waals surface area contributed by atoms with Crippen LogP contribution in [0.5, 0.6) is 0 Å². The number of urea groups is 1. The minimum absolute atomic E-state index is 0.0420. The molecule has 1 fully saturated rings. The molecule has 0 aromatic heterocycles. The summed E-state index contributed by atoms with van der Waals surface area (Å²) in [6.07, 6.45) is 0. The van der Waals surface area contributed by atoms with Gasteiger partial charge in [-0.05, 0) is 60.9 Å². The maximum atomic E-state index is 13.5. The fourth-order valence-corrected chi connectivity index (χ4v) is 4.63. The largest absolute Gasteiger partial charge is 0.353 e. The molecule has 9 heteroatoms. The number of halogens is 2. The number of rotatable bonds is 6. The molecule has 0 radical (unpaired) electrons. The van der Waals surface area contributed by atoms with Gasteiger partial charge in [0.1, 0.15) is 6.54 Å². The monoisotopic (exact) mass is 538 g/mol. The molecule has 1 saturated heterocycles. The number of hydrogen-bond donors (Lipinski definition) is 3. The molecule has 7 nitrogen and oxygen atoms in total. The van der Waals surface area contributed by atoms with Gasteiger partial charge in [-0.25, -0.2) is 4.79 Å². The summed E-state index contributed by atoms with van der Waals surface area (Å²) >= 11 is 12.3. The Morgan fingerprint density at radius 3 is 1.97 bits per heavy atom. The summed E-state index contributed by atoms with van der Waals surface area (Å²) in [7, 11) is 0. The SMILES string of the molecule is Cc1ccc(C(=O)N[C@@H](c2ccc(Cl)cc2)[C@H](NC(=O)N2CCNC(=O)C2)c2ccc(Cl)cc2)c(C)c1. The Morgan fingerprint density at radius 2 is 1.43 bits per heavy atom. The second-order valence-corrected chi connectivity index (χ2v) is 9.94. The lowest BCUT2D eigenvalue weighted by Crippen LogP contribution is -2.54. The minimum Gasteiger partial charge on any atom is -0.353 e. The second kappa shape index (κ2) is 11.7. The van der Waals surface area contributed by atoms with Crippen LogP contribution in [-0.2, 0) is 4.79 Å². The molecule has 0 aliphatic carbocycles. The molecule has 0 unspecified atom stereocenters. The number of hydrogen-bond acceptors (Lipinski definition) is 3. The smallest absolute Gasteiger partial charge is 0.318 e. The average Bonchev–Trinajstić information content (AvgIpc) is 2.87. The summed E-state index contributed by atoms with van der Waals surface area (Å²) in [5.74, 6) is -0.496. The quantitative estimate of drug-likeness (QED) is 0.414. The summed E-state index contributed by atoms with van der Waals surface area (Å²) in [5.41, 5.74) is 3.93. The van der Waals surface area contributed by atoms with Crippen molar-refractivity contribution >= 4 is 41.0 Å². The highest BCUT2D eigenvalue weighted by Gasteiger charge is 2.31. The lowest BCUT2D eigenvalue weighted by Gasteiger charge is -2.33. The van der Waals surface area contributed by atoms with Gasteiger partial charge in [-0.2, -0.15) is 0 Å². The highest BCUT2D eigenvalue weighted by molar-refractivity contribution is 6.30. The van der Waals surface area contributed by atoms with Gasteiger partial charge in [0.15, 0.2) is 0 Å².